The van der Waals surface area contributed by atoms with Crippen molar-refractivity contribution in [3.05, 3.63) is 104 Å². The van der Waals surface area contributed by atoms with Gasteiger partial charge >= 0.3 is 13.2 Å². The van der Waals surface area contributed by atoms with E-state index in [9.17, 15) is 28.4 Å². The molecule has 0 fully saturated rings. The Morgan fingerprint density at radius 2 is 1.51 bits per heavy atom. The number of hydrogen-bond acceptors (Lipinski definition) is 8. The van der Waals surface area contributed by atoms with Crippen LogP contribution in [-0.2, 0) is 11.2 Å². The van der Waals surface area contributed by atoms with Gasteiger partial charge in [0.15, 0.2) is 0 Å². The lowest BCUT2D eigenvalue weighted by atomic mass is 9.86. The first kappa shape index (κ1) is 36.2. The normalized spacial score (nSPS) is 12.0. The highest BCUT2D eigenvalue weighted by Crippen LogP contribution is 2.34. The van der Waals surface area contributed by atoms with Crippen LogP contribution in [0.15, 0.2) is 72.8 Å². The van der Waals surface area contributed by atoms with Gasteiger partial charge in [0, 0.05) is 10.8 Å². The lowest BCUT2D eigenvalue weighted by molar-refractivity contribution is 0.0547. The van der Waals surface area contributed by atoms with Crippen molar-refractivity contribution in [2.75, 3.05) is 5.73 Å². The van der Waals surface area contributed by atoms with Crippen LogP contribution in [0.1, 0.15) is 31.1 Å². The van der Waals surface area contributed by atoms with E-state index in [1.54, 1.807) is 55.7 Å². The molecule has 0 atom stereocenters. The number of benzene rings is 2. The van der Waals surface area contributed by atoms with Crippen LogP contribution in [0.4, 0.5) is 19.3 Å². The van der Waals surface area contributed by atoms with Crippen molar-refractivity contribution in [1.29, 1.82) is 0 Å². The second-order valence-corrected chi connectivity index (χ2v) is 13.6. The summed E-state index contributed by atoms with van der Waals surface area (Å²) in [5, 5.41) is 20.6. The molecule has 2 aromatic carbocycles. The van der Waals surface area contributed by atoms with E-state index in [2.05, 4.69) is 9.97 Å². The average Bonchev–Trinajstić information content (AvgIpc) is 3.58. The van der Waals surface area contributed by atoms with Gasteiger partial charge in [-0.1, -0.05) is 29.3 Å². The van der Waals surface area contributed by atoms with Crippen molar-refractivity contribution in [3.8, 4) is 11.4 Å². The first-order chi connectivity index (χ1) is 23.0. The molecule has 16 heteroatoms. The molecule has 0 unspecified atom stereocenters. The number of aromatic nitrogens is 4. The summed E-state index contributed by atoms with van der Waals surface area (Å²) in [6.45, 7) is 5.10. The van der Waals surface area contributed by atoms with Gasteiger partial charge in [0.1, 0.15) is 31.2 Å². The number of hydrogen-bond donors (Lipinski definition) is 3. The van der Waals surface area contributed by atoms with E-state index in [1.807, 2.05) is 28.7 Å². The molecule has 4 N–H and O–H groups in total. The van der Waals surface area contributed by atoms with Gasteiger partial charge in [-0.15, -0.1) is 0 Å². The van der Waals surface area contributed by atoms with Crippen LogP contribution in [0, 0.1) is 15.3 Å². The summed E-state index contributed by atoms with van der Waals surface area (Å²) >= 11 is 13.5. The second-order valence-electron chi connectivity index (χ2n) is 11.8. The average molecular weight is 820 g/mol. The highest BCUT2D eigenvalue weighted by Gasteiger charge is 2.28. The molecule has 49 heavy (non-hydrogen) atoms. The lowest BCUT2D eigenvalue weighted by Gasteiger charge is -2.20. The van der Waals surface area contributed by atoms with Crippen molar-refractivity contribution < 1.29 is 33.2 Å². The zero-order chi connectivity index (χ0) is 35.8. The number of pyridine rings is 2. The Bertz CT molecular complexity index is 2240. The molecular weight excluding hydrogens is 793 g/mol. The number of nitrogen functional groups attached to an aromatic ring is 1. The summed E-state index contributed by atoms with van der Waals surface area (Å²) in [4.78, 5) is 32.7. The van der Waals surface area contributed by atoms with Gasteiger partial charge in [-0.3, -0.25) is 13.9 Å². The van der Waals surface area contributed by atoms with Crippen molar-refractivity contribution >= 4 is 98.0 Å². The molecular formula is C33H27BCl2F2IN5O5. The third kappa shape index (κ3) is 8.21. The summed E-state index contributed by atoms with van der Waals surface area (Å²) in [5.74, 6) is -0.844. The number of carbonyl (C=O) groups is 2. The molecule has 1 aliphatic heterocycles. The standard InChI is InChI=1S/C15H8ClFN2O.C13H15BFNO4.C5H4ClIN2/c16-13-4-1-8-7-14(20)19-11-3-2-10(17)5-9(11)6-12(19)15(8)18-13;1-13(2,3)20-12(17)16-10-5-4-9(15)6-8(10)7-11(16)14(18)19;6-4-2-1-3(8)5(7)9-4/h1-6H,7H2;4-7,18-19H,1-3H3;1-2H,8H2. The number of anilines is 1. The summed E-state index contributed by atoms with van der Waals surface area (Å²) in [5.41, 5.74) is 8.57. The molecule has 252 valence electrons. The lowest BCUT2D eigenvalue weighted by Crippen LogP contribution is -2.40. The van der Waals surface area contributed by atoms with Gasteiger partial charge in [0.05, 0.1) is 40.1 Å². The quantitative estimate of drug-likeness (QED) is 0.0928. The van der Waals surface area contributed by atoms with Crippen molar-refractivity contribution in [2.45, 2.75) is 32.8 Å². The fraction of sp³-hybridized carbons (Fsp3) is 0.152. The fourth-order valence-electron chi connectivity index (χ4n) is 5.03. The van der Waals surface area contributed by atoms with Crippen LogP contribution in [0.25, 0.3) is 33.2 Å². The number of rotatable bonds is 1. The third-order valence-electron chi connectivity index (χ3n) is 7.02. The molecule has 0 saturated heterocycles. The van der Waals surface area contributed by atoms with Crippen LogP contribution in [0.2, 0.25) is 10.3 Å². The number of fused-ring (bicyclic) bond motifs is 6. The summed E-state index contributed by atoms with van der Waals surface area (Å²) in [6, 6.07) is 18.2. The predicted molar refractivity (Wildman–Crippen MR) is 194 cm³/mol. The zero-order valence-electron chi connectivity index (χ0n) is 26.1. The van der Waals surface area contributed by atoms with Gasteiger partial charge in [0.25, 0.3) is 0 Å². The minimum atomic E-state index is -1.86. The van der Waals surface area contributed by atoms with Crippen LogP contribution < -0.4 is 11.3 Å². The second kappa shape index (κ2) is 14.4. The summed E-state index contributed by atoms with van der Waals surface area (Å²) in [6.07, 6.45) is -0.476. The summed E-state index contributed by atoms with van der Waals surface area (Å²) < 4.78 is 35.1. The zero-order valence-corrected chi connectivity index (χ0v) is 29.8. The smallest absolute Gasteiger partial charge is 0.443 e. The first-order valence-corrected chi connectivity index (χ1v) is 16.3. The Kier molecular flexibility index (Phi) is 10.6. The molecule has 4 aromatic heterocycles. The van der Waals surface area contributed by atoms with Gasteiger partial charge in [0.2, 0.25) is 5.91 Å². The van der Waals surface area contributed by atoms with Crippen LogP contribution in [-0.4, -0.2) is 53.9 Å². The first-order valence-electron chi connectivity index (χ1n) is 14.5. The molecule has 0 amide bonds. The Morgan fingerprint density at radius 3 is 2.10 bits per heavy atom. The maximum Gasteiger partial charge on any atom is 0.506 e. The van der Waals surface area contributed by atoms with E-state index in [0.29, 0.717) is 49.2 Å². The van der Waals surface area contributed by atoms with E-state index in [4.69, 9.17) is 33.7 Å². The van der Waals surface area contributed by atoms with Crippen molar-refractivity contribution in [1.82, 2.24) is 19.1 Å². The minimum Gasteiger partial charge on any atom is -0.443 e. The molecule has 5 heterocycles. The van der Waals surface area contributed by atoms with Crippen LogP contribution in [0.3, 0.4) is 0 Å². The molecule has 0 saturated carbocycles. The van der Waals surface area contributed by atoms with E-state index < -0.39 is 24.6 Å². The van der Waals surface area contributed by atoms with Crippen molar-refractivity contribution in [3.63, 3.8) is 0 Å². The molecule has 0 aliphatic carbocycles. The number of nitrogens with zero attached hydrogens (tertiary/aromatic N) is 4. The highest BCUT2D eigenvalue weighted by atomic mass is 127. The van der Waals surface area contributed by atoms with Gasteiger partial charge < -0.3 is 20.5 Å². The van der Waals surface area contributed by atoms with Crippen molar-refractivity contribution in [2.24, 2.45) is 0 Å². The monoisotopic (exact) mass is 819 g/mol. The van der Waals surface area contributed by atoms with Crippen LogP contribution in [0.5, 0.6) is 0 Å². The molecule has 10 nitrogen and oxygen atoms in total. The van der Waals surface area contributed by atoms with Gasteiger partial charge in [-0.2, -0.15) is 0 Å². The highest BCUT2D eigenvalue weighted by molar-refractivity contribution is 14.1. The maximum atomic E-state index is 13.3. The topological polar surface area (TPSA) is 145 Å². The predicted octanol–water partition coefficient (Wildman–Crippen LogP) is 6.86. The van der Waals surface area contributed by atoms with E-state index in [-0.39, 0.29) is 23.7 Å². The van der Waals surface area contributed by atoms with E-state index in [0.717, 1.165) is 13.8 Å². The Labute approximate surface area is 302 Å². The molecule has 1 aliphatic rings. The summed E-state index contributed by atoms with van der Waals surface area (Å²) in [7, 11) is -1.86. The number of halogens is 5. The van der Waals surface area contributed by atoms with Gasteiger partial charge in [-0.05, 0) is 116 Å². The largest absolute Gasteiger partial charge is 0.506 e. The van der Waals surface area contributed by atoms with Gasteiger partial charge in [-0.25, -0.2) is 23.5 Å². The number of nitrogens with two attached hydrogens (primary N) is 1. The Balaban J connectivity index is 0.000000154. The van der Waals surface area contributed by atoms with E-state index in [1.165, 1.54) is 36.4 Å². The Hall–Kier alpha value is -4.09. The van der Waals surface area contributed by atoms with E-state index >= 15 is 0 Å². The number of carbonyl (C=O) groups excluding carboxylic acids is 2. The molecule has 6 aromatic rings. The third-order valence-corrected chi connectivity index (χ3v) is 8.30. The molecule has 0 radical (unpaired) electrons. The number of ether oxygens (including phenoxy) is 1. The minimum absolute atomic E-state index is 0.0433. The maximum absolute atomic E-state index is 13.3. The Morgan fingerprint density at radius 1 is 0.918 bits per heavy atom. The SMILES string of the molecule is CC(C)(C)OC(=O)n1c(B(O)O)cc2cc(F)ccc21.Nc1ccc(Cl)nc1I.O=C1Cc2ccc(Cl)nc2-c2cc3cc(F)ccc3n21. The molecule has 7 rings (SSSR count). The molecule has 0 bridgehead atoms. The molecule has 0 spiro atoms. The fourth-order valence-corrected chi connectivity index (χ4v) is 5.91. The van der Waals surface area contributed by atoms with Crippen LogP contribution >= 0.6 is 45.8 Å².